The fourth-order valence-corrected chi connectivity index (χ4v) is 0.918. The highest BCUT2D eigenvalue weighted by Gasteiger charge is 2.12. The standard InChI is InChI=1S/C8H15N3/c1-5(2)7(9)8-10-4-6(3)11-8/h4-5,7H,9H2,1-3H3,(H,10,11)/t7-/m0/s1. The fraction of sp³-hybridized carbons (Fsp3) is 0.625. The van der Waals surface area contributed by atoms with E-state index in [4.69, 9.17) is 5.73 Å². The minimum absolute atomic E-state index is 0.0312. The van der Waals surface area contributed by atoms with Crippen LogP contribution in [0, 0.1) is 12.8 Å². The van der Waals surface area contributed by atoms with Gasteiger partial charge in [0.05, 0.1) is 6.04 Å². The molecule has 0 unspecified atom stereocenters. The number of imidazole rings is 1. The van der Waals surface area contributed by atoms with Gasteiger partial charge in [-0.05, 0) is 12.8 Å². The third-order valence-electron chi connectivity index (χ3n) is 1.76. The maximum Gasteiger partial charge on any atom is 0.123 e. The lowest BCUT2D eigenvalue weighted by Gasteiger charge is -2.11. The molecule has 1 rings (SSSR count). The average molecular weight is 153 g/mol. The van der Waals surface area contributed by atoms with Crippen molar-refractivity contribution in [3.05, 3.63) is 17.7 Å². The first kappa shape index (κ1) is 8.27. The van der Waals surface area contributed by atoms with Crippen LogP contribution in [-0.2, 0) is 0 Å². The summed E-state index contributed by atoms with van der Waals surface area (Å²) in [5, 5.41) is 0. The van der Waals surface area contributed by atoms with Crippen molar-refractivity contribution >= 4 is 0 Å². The van der Waals surface area contributed by atoms with Gasteiger partial charge in [-0.3, -0.25) is 0 Å². The average Bonchev–Trinajstić information content (AvgIpc) is 2.34. The fourth-order valence-electron chi connectivity index (χ4n) is 0.918. The van der Waals surface area contributed by atoms with E-state index < -0.39 is 0 Å². The number of aromatic nitrogens is 2. The summed E-state index contributed by atoms with van der Waals surface area (Å²) in [5.41, 5.74) is 6.92. The van der Waals surface area contributed by atoms with E-state index in [9.17, 15) is 0 Å². The molecule has 3 heteroatoms. The molecule has 0 spiro atoms. The van der Waals surface area contributed by atoms with Crippen LogP contribution in [0.2, 0.25) is 0 Å². The molecule has 11 heavy (non-hydrogen) atoms. The van der Waals surface area contributed by atoms with Gasteiger partial charge in [-0.2, -0.15) is 0 Å². The van der Waals surface area contributed by atoms with Gasteiger partial charge in [-0.15, -0.1) is 0 Å². The first-order chi connectivity index (χ1) is 5.11. The number of nitrogens with two attached hydrogens (primary N) is 1. The Labute approximate surface area is 67.0 Å². The van der Waals surface area contributed by atoms with Crippen LogP contribution in [0.15, 0.2) is 6.20 Å². The first-order valence-electron chi connectivity index (χ1n) is 3.88. The zero-order valence-corrected chi connectivity index (χ0v) is 7.26. The monoisotopic (exact) mass is 153 g/mol. The van der Waals surface area contributed by atoms with Gasteiger partial charge in [-0.1, -0.05) is 13.8 Å². The van der Waals surface area contributed by atoms with Crippen molar-refractivity contribution in [2.24, 2.45) is 11.7 Å². The molecule has 1 aromatic heterocycles. The summed E-state index contributed by atoms with van der Waals surface area (Å²) in [4.78, 5) is 7.28. The van der Waals surface area contributed by atoms with Gasteiger partial charge < -0.3 is 10.7 Å². The summed E-state index contributed by atoms with van der Waals surface area (Å²) in [5.74, 6) is 1.32. The molecule has 0 amide bonds. The van der Waals surface area contributed by atoms with E-state index in [-0.39, 0.29) is 6.04 Å². The van der Waals surface area contributed by atoms with Crippen LogP contribution >= 0.6 is 0 Å². The molecule has 1 aromatic rings. The summed E-state index contributed by atoms with van der Waals surface area (Å²) < 4.78 is 0. The molecular formula is C8H15N3. The highest BCUT2D eigenvalue weighted by atomic mass is 15.0. The van der Waals surface area contributed by atoms with Crippen molar-refractivity contribution in [1.29, 1.82) is 0 Å². The highest BCUT2D eigenvalue weighted by Crippen LogP contribution is 2.14. The van der Waals surface area contributed by atoms with E-state index in [0.29, 0.717) is 5.92 Å². The number of aromatic amines is 1. The molecule has 62 valence electrons. The maximum atomic E-state index is 5.86. The summed E-state index contributed by atoms with van der Waals surface area (Å²) in [7, 11) is 0. The second-order valence-corrected chi connectivity index (χ2v) is 3.22. The number of aryl methyl sites for hydroxylation is 1. The summed E-state index contributed by atoms with van der Waals surface area (Å²) in [6.45, 7) is 6.15. The molecule has 3 nitrogen and oxygen atoms in total. The lowest BCUT2D eigenvalue weighted by molar-refractivity contribution is 0.493. The van der Waals surface area contributed by atoms with Crippen molar-refractivity contribution in [3.63, 3.8) is 0 Å². The van der Waals surface area contributed by atoms with Crippen molar-refractivity contribution in [1.82, 2.24) is 9.97 Å². The summed E-state index contributed by atoms with van der Waals surface area (Å²) >= 11 is 0. The number of nitrogens with zero attached hydrogens (tertiary/aromatic N) is 1. The quantitative estimate of drug-likeness (QED) is 0.674. The summed E-state index contributed by atoms with van der Waals surface area (Å²) in [6.07, 6.45) is 1.80. The molecule has 0 aliphatic heterocycles. The Balaban J connectivity index is 2.76. The third-order valence-corrected chi connectivity index (χ3v) is 1.76. The zero-order chi connectivity index (χ0) is 8.43. The molecule has 1 heterocycles. The van der Waals surface area contributed by atoms with Gasteiger partial charge in [0.2, 0.25) is 0 Å². The van der Waals surface area contributed by atoms with Crippen molar-refractivity contribution < 1.29 is 0 Å². The van der Waals surface area contributed by atoms with E-state index in [1.165, 1.54) is 0 Å². The smallest absolute Gasteiger partial charge is 0.123 e. The topological polar surface area (TPSA) is 54.7 Å². The molecular weight excluding hydrogens is 138 g/mol. The second kappa shape index (κ2) is 3.05. The van der Waals surface area contributed by atoms with E-state index in [1.807, 2.05) is 6.92 Å². The maximum absolute atomic E-state index is 5.86. The van der Waals surface area contributed by atoms with E-state index in [0.717, 1.165) is 11.5 Å². The predicted molar refractivity (Wildman–Crippen MR) is 45.1 cm³/mol. The number of hydrogen-bond donors (Lipinski definition) is 2. The van der Waals surface area contributed by atoms with E-state index in [2.05, 4.69) is 23.8 Å². The minimum Gasteiger partial charge on any atom is -0.345 e. The molecule has 0 saturated heterocycles. The number of rotatable bonds is 2. The number of nitrogens with one attached hydrogen (secondary N) is 1. The minimum atomic E-state index is 0.0312. The Morgan fingerprint density at radius 1 is 1.55 bits per heavy atom. The Bertz CT molecular complexity index is 227. The molecule has 0 radical (unpaired) electrons. The van der Waals surface area contributed by atoms with Crippen molar-refractivity contribution in [2.45, 2.75) is 26.8 Å². The van der Waals surface area contributed by atoms with Crippen LogP contribution in [0.5, 0.6) is 0 Å². The lowest BCUT2D eigenvalue weighted by Crippen LogP contribution is -2.18. The van der Waals surface area contributed by atoms with Crippen LogP contribution in [-0.4, -0.2) is 9.97 Å². The van der Waals surface area contributed by atoms with Gasteiger partial charge in [0, 0.05) is 11.9 Å². The number of hydrogen-bond acceptors (Lipinski definition) is 2. The summed E-state index contributed by atoms with van der Waals surface area (Å²) in [6, 6.07) is 0.0312. The van der Waals surface area contributed by atoms with Crippen molar-refractivity contribution in [2.75, 3.05) is 0 Å². The van der Waals surface area contributed by atoms with Crippen molar-refractivity contribution in [3.8, 4) is 0 Å². The lowest BCUT2D eigenvalue weighted by atomic mass is 10.1. The van der Waals surface area contributed by atoms with E-state index >= 15 is 0 Å². The molecule has 0 fully saturated rings. The highest BCUT2D eigenvalue weighted by molar-refractivity contribution is 5.02. The molecule has 0 aromatic carbocycles. The zero-order valence-electron chi connectivity index (χ0n) is 7.26. The molecule has 3 N–H and O–H groups in total. The van der Waals surface area contributed by atoms with Gasteiger partial charge in [-0.25, -0.2) is 4.98 Å². The first-order valence-corrected chi connectivity index (χ1v) is 3.88. The molecule has 1 atom stereocenters. The predicted octanol–water partition coefficient (Wildman–Crippen LogP) is 1.37. The Morgan fingerprint density at radius 3 is 2.55 bits per heavy atom. The van der Waals surface area contributed by atoms with Gasteiger partial charge >= 0.3 is 0 Å². The van der Waals surface area contributed by atoms with Crippen LogP contribution in [0.1, 0.15) is 31.4 Å². The Morgan fingerprint density at radius 2 is 2.18 bits per heavy atom. The Kier molecular flexibility index (Phi) is 2.29. The van der Waals surface area contributed by atoms with E-state index in [1.54, 1.807) is 6.20 Å². The van der Waals surface area contributed by atoms with Crippen LogP contribution in [0.25, 0.3) is 0 Å². The Hall–Kier alpha value is -0.830. The largest absolute Gasteiger partial charge is 0.345 e. The molecule has 0 aliphatic rings. The van der Waals surface area contributed by atoms with Crippen LogP contribution < -0.4 is 5.73 Å². The van der Waals surface area contributed by atoms with Gasteiger partial charge in [0.15, 0.2) is 0 Å². The van der Waals surface area contributed by atoms with Crippen LogP contribution in [0.3, 0.4) is 0 Å². The molecule has 0 bridgehead atoms. The number of H-pyrrole nitrogens is 1. The van der Waals surface area contributed by atoms with Gasteiger partial charge in [0.25, 0.3) is 0 Å². The molecule has 0 saturated carbocycles. The second-order valence-electron chi connectivity index (χ2n) is 3.22. The van der Waals surface area contributed by atoms with Gasteiger partial charge in [0.1, 0.15) is 5.82 Å². The SMILES string of the molecule is Cc1cnc([C@@H](N)C(C)C)[nH]1. The normalized spacial score (nSPS) is 13.9. The van der Waals surface area contributed by atoms with Crippen LogP contribution in [0.4, 0.5) is 0 Å². The molecule has 0 aliphatic carbocycles. The third kappa shape index (κ3) is 1.80.